The molecule has 1 N–H and O–H groups in total. The van der Waals surface area contributed by atoms with Gasteiger partial charge in [-0.15, -0.1) is 0 Å². The zero-order chi connectivity index (χ0) is 13.9. The first-order chi connectivity index (χ1) is 9.72. The highest BCUT2D eigenvalue weighted by molar-refractivity contribution is 5.67. The Bertz CT molecular complexity index is 653. The molecule has 3 rings (SSSR count). The van der Waals surface area contributed by atoms with Gasteiger partial charge in [0.2, 0.25) is 0 Å². The van der Waals surface area contributed by atoms with E-state index in [4.69, 9.17) is 5.11 Å². The predicted molar refractivity (Wildman–Crippen MR) is 75.4 cm³/mol. The fraction of sp³-hybridized carbons (Fsp3) is 0.312. The van der Waals surface area contributed by atoms with Crippen LogP contribution in [0.1, 0.15) is 29.8 Å². The quantitative estimate of drug-likeness (QED) is 0.926. The molecule has 2 aromatic rings. The molecule has 4 heteroatoms. The van der Waals surface area contributed by atoms with Crippen LogP contribution in [0.5, 0.6) is 0 Å². The van der Waals surface area contributed by atoms with Crippen LogP contribution in [0.4, 0.5) is 0 Å². The van der Waals surface area contributed by atoms with Gasteiger partial charge in [0.15, 0.2) is 0 Å². The Labute approximate surface area is 117 Å². The second-order valence-corrected chi connectivity index (χ2v) is 5.09. The van der Waals surface area contributed by atoms with E-state index in [0.29, 0.717) is 12.2 Å². The number of benzene rings is 1. The number of hydrogen-bond acceptors (Lipinski definition) is 3. The SMILES string of the molecule is O=C(O)CCc1nccc(-c2ccc3c(c2)CCC3)n1. The molecule has 0 atom stereocenters. The van der Waals surface area contributed by atoms with E-state index in [-0.39, 0.29) is 6.42 Å². The highest BCUT2D eigenvalue weighted by atomic mass is 16.4. The second kappa shape index (κ2) is 5.41. The molecule has 1 aliphatic rings. The van der Waals surface area contributed by atoms with Crippen molar-refractivity contribution >= 4 is 5.97 Å². The molecule has 0 amide bonds. The summed E-state index contributed by atoms with van der Waals surface area (Å²) in [5.74, 6) is -0.234. The number of hydrogen-bond donors (Lipinski definition) is 1. The summed E-state index contributed by atoms with van der Waals surface area (Å²) in [6.07, 6.45) is 5.67. The molecule has 0 spiro atoms. The number of carboxylic acids is 1. The monoisotopic (exact) mass is 268 g/mol. The molecule has 102 valence electrons. The summed E-state index contributed by atoms with van der Waals surface area (Å²) in [6, 6.07) is 8.34. The number of rotatable bonds is 4. The Hall–Kier alpha value is -2.23. The maximum atomic E-state index is 10.6. The third kappa shape index (κ3) is 2.69. The van der Waals surface area contributed by atoms with Gasteiger partial charge in [-0.1, -0.05) is 12.1 Å². The van der Waals surface area contributed by atoms with Gasteiger partial charge >= 0.3 is 5.97 Å². The average Bonchev–Trinajstić information content (AvgIpc) is 2.93. The molecule has 0 aliphatic heterocycles. The van der Waals surface area contributed by atoms with Crippen LogP contribution in [0.25, 0.3) is 11.3 Å². The van der Waals surface area contributed by atoms with Crippen LogP contribution >= 0.6 is 0 Å². The van der Waals surface area contributed by atoms with Crippen molar-refractivity contribution in [3.05, 3.63) is 47.4 Å². The van der Waals surface area contributed by atoms with E-state index in [0.717, 1.165) is 17.7 Å². The van der Waals surface area contributed by atoms with Crippen LogP contribution in [0.2, 0.25) is 0 Å². The molecule has 0 bridgehead atoms. The minimum absolute atomic E-state index is 0.0631. The van der Waals surface area contributed by atoms with E-state index in [1.165, 1.54) is 24.0 Å². The van der Waals surface area contributed by atoms with E-state index in [1.807, 2.05) is 6.07 Å². The first-order valence-corrected chi connectivity index (χ1v) is 6.88. The molecule has 20 heavy (non-hydrogen) atoms. The lowest BCUT2D eigenvalue weighted by Gasteiger charge is -2.06. The fourth-order valence-electron chi connectivity index (χ4n) is 2.63. The van der Waals surface area contributed by atoms with Crippen molar-refractivity contribution in [2.24, 2.45) is 0 Å². The Morgan fingerprint density at radius 3 is 2.90 bits per heavy atom. The zero-order valence-electron chi connectivity index (χ0n) is 11.2. The van der Waals surface area contributed by atoms with Gasteiger partial charge in [0.1, 0.15) is 5.82 Å². The lowest BCUT2D eigenvalue weighted by Crippen LogP contribution is -2.02. The van der Waals surface area contributed by atoms with E-state index >= 15 is 0 Å². The third-order valence-corrected chi connectivity index (χ3v) is 3.66. The number of aryl methyl sites for hydroxylation is 3. The summed E-state index contributed by atoms with van der Waals surface area (Å²) in [7, 11) is 0. The van der Waals surface area contributed by atoms with E-state index < -0.39 is 5.97 Å². The lowest BCUT2D eigenvalue weighted by molar-refractivity contribution is -0.137. The van der Waals surface area contributed by atoms with Crippen molar-refractivity contribution in [1.82, 2.24) is 9.97 Å². The van der Waals surface area contributed by atoms with Gasteiger partial charge in [-0.25, -0.2) is 9.97 Å². The van der Waals surface area contributed by atoms with Crippen LogP contribution in [0.15, 0.2) is 30.5 Å². The van der Waals surface area contributed by atoms with Crippen LogP contribution in [0, 0.1) is 0 Å². The maximum absolute atomic E-state index is 10.6. The maximum Gasteiger partial charge on any atom is 0.303 e. The zero-order valence-corrected chi connectivity index (χ0v) is 11.2. The van der Waals surface area contributed by atoms with Gasteiger partial charge < -0.3 is 5.11 Å². The number of carboxylic acid groups (broad SMARTS) is 1. The van der Waals surface area contributed by atoms with Crippen LogP contribution in [-0.4, -0.2) is 21.0 Å². The summed E-state index contributed by atoms with van der Waals surface area (Å²) < 4.78 is 0. The molecular formula is C16H16N2O2. The Morgan fingerprint density at radius 1 is 1.20 bits per heavy atom. The van der Waals surface area contributed by atoms with Crippen molar-refractivity contribution in [1.29, 1.82) is 0 Å². The lowest BCUT2D eigenvalue weighted by atomic mass is 10.0. The van der Waals surface area contributed by atoms with Crippen LogP contribution in [-0.2, 0) is 24.1 Å². The standard InChI is InChI=1S/C16H16N2O2/c19-16(20)7-6-15-17-9-8-14(18-15)13-5-4-11-2-1-3-12(11)10-13/h4-5,8-10H,1-3,6-7H2,(H,19,20). The van der Waals surface area contributed by atoms with Crippen molar-refractivity contribution in [2.75, 3.05) is 0 Å². The Kier molecular flexibility index (Phi) is 3.46. The van der Waals surface area contributed by atoms with Gasteiger partial charge in [0, 0.05) is 18.2 Å². The largest absolute Gasteiger partial charge is 0.481 e. The Balaban J connectivity index is 1.86. The highest BCUT2D eigenvalue weighted by Crippen LogP contribution is 2.27. The van der Waals surface area contributed by atoms with Crippen LogP contribution < -0.4 is 0 Å². The number of aromatic nitrogens is 2. The third-order valence-electron chi connectivity index (χ3n) is 3.66. The number of fused-ring (bicyclic) bond motifs is 1. The molecule has 0 fully saturated rings. The van der Waals surface area contributed by atoms with E-state index in [1.54, 1.807) is 6.20 Å². The highest BCUT2D eigenvalue weighted by Gasteiger charge is 2.12. The normalized spacial score (nSPS) is 13.2. The van der Waals surface area contributed by atoms with Crippen molar-refractivity contribution in [3.8, 4) is 11.3 Å². The number of aliphatic carboxylic acids is 1. The van der Waals surface area contributed by atoms with Gasteiger partial charge in [0.05, 0.1) is 12.1 Å². The van der Waals surface area contributed by atoms with E-state index in [9.17, 15) is 4.79 Å². The molecular weight excluding hydrogens is 252 g/mol. The summed E-state index contributed by atoms with van der Waals surface area (Å²) in [5.41, 5.74) is 4.81. The molecule has 0 saturated heterocycles. The molecule has 1 aromatic carbocycles. The van der Waals surface area contributed by atoms with Crippen molar-refractivity contribution in [2.45, 2.75) is 32.1 Å². The average molecular weight is 268 g/mol. The summed E-state index contributed by atoms with van der Waals surface area (Å²) in [4.78, 5) is 19.2. The molecule has 0 saturated carbocycles. The number of carbonyl (C=O) groups is 1. The van der Waals surface area contributed by atoms with Gasteiger partial charge in [-0.3, -0.25) is 4.79 Å². The van der Waals surface area contributed by atoms with Crippen molar-refractivity contribution in [3.63, 3.8) is 0 Å². The van der Waals surface area contributed by atoms with Crippen LogP contribution in [0.3, 0.4) is 0 Å². The van der Waals surface area contributed by atoms with Gasteiger partial charge in [-0.2, -0.15) is 0 Å². The smallest absolute Gasteiger partial charge is 0.303 e. The minimum atomic E-state index is -0.823. The molecule has 1 heterocycles. The minimum Gasteiger partial charge on any atom is -0.481 e. The van der Waals surface area contributed by atoms with E-state index in [2.05, 4.69) is 28.2 Å². The first-order valence-electron chi connectivity index (χ1n) is 6.88. The molecule has 1 aliphatic carbocycles. The summed E-state index contributed by atoms with van der Waals surface area (Å²) in [5, 5.41) is 8.71. The molecule has 1 aromatic heterocycles. The molecule has 4 nitrogen and oxygen atoms in total. The summed E-state index contributed by atoms with van der Waals surface area (Å²) in [6.45, 7) is 0. The van der Waals surface area contributed by atoms with Crippen molar-refractivity contribution < 1.29 is 9.90 Å². The molecule has 0 radical (unpaired) electrons. The molecule has 0 unspecified atom stereocenters. The topological polar surface area (TPSA) is 63.1 Å². The fourth-order valence-corrected chi connectivity index (χ4v) is 2.63. The summed E-state index contributed by atoms with van der Waals surface area (Å²) >= 11 is 0. The predicted octanol–water partition coefficient (Wildman–Crippen LogP) is 2.65. The van der Waals surface area contributed by atoms with Gasteiger partial charge in [-0.05, 0) is 42.5 Å². The first kappa shape index (κ1) is 12.8. The Morgan fingerprint density at radius 2 is 2.05 bits per heavy atom. The second-order valence-electron chi connectivity index (χ2n) is 5.09. The number of nitrogens with zero attached hydrogens (tertiary/aromatic N) is 2. The van der Waals surface area contributed by atoms with Gasteiger partial charge in [0.25, 0.3) is 0 Å².